The number of nitrogens with zero attached hydrogens (tertiary/aromatic N) is 2. The van der Waals surface area contributed by atoms with Gasteiger partial charge in [0, 0.05) is 31.6 Å². The fourth-order valence-corrected chi connectivity index (χ4v) is 3.19. The molecule has 2 rings (SSSR count). The number of nitrogens with one attached hydrogen (secondary N) is 1. The standard InChI is InChI=1S/C12H19N3S/c1-9-10(6-8-16-9)14-11-5-4-7-13-12(11)15(2)3/h4-5,7,9-10,14H,6,8H2,1-3H3. The minimum atomic E-state index is 0.577. The SMILES string of the molecule is CC1SCCC1Nc1cccnc1N(C)C. The number of rotatable bonds is 3. The van der Waals surface area contributed by atoms with Crippen molar-refractivity contribution in [3.05, 3.63) is 18.3 Å². The summed E-state index contributed by atoms with van der Waals surface area (Å²) in [6, 6.07) is 4.67. The molecule has 1 aliphatic rings. The molecule has 0 aromatic carbocycles. The summed E-state index contributed by atoms with van der Waals surface area (Å²) in [6.45, 7) is 2.29. The van der Waals surface area contributed by atoms with Crippen LogP contribution >= 0.6 is 11.8 Å². The third-order valence-corrected chi connectivity index (χ3v) is 4.25. The van der Waals surface area contributed by atoms with E-state index >= 15 is 0 Å². The Balaban J connectivity index is 2.14. The third kappa shape index (κ3) is 2.43. The maximum absolute atomic E-state index is 4.40. The van der Waals surface area contributed by atoms with E-state index in [1.54, 1.807) is 0 Å². The Kier molecular flexibility index (Phi) is 3.59. The highest BCUT2D eigenvalue weighted by molar-refractivity contribution is 8.00. The van der Waals surface area contributed by atoms with Gasteiger partial charge in [0.1, 0.15) is 0 Å². The number of pyridine rings is 1. The molecule has 0 saturated carbocycles. The summed E-state index contributed by atoms with van der Waals surface area (Å²) < 4.78 is 0. The van der Waals surface area contributed by atoms with E-state index in [2.05, 4.69) is 28.2 Å². The molecule has 1 aromatic heterocycles. The second-order valence-electron chi connectivity index (χ2n) is 4.38. The minimum Gasteiger partial charge on any atom is -0.378 e. The Morgan fingerprint density at radius 1 is 1.50 bits per heavy atom. The average molecular weight is 237 g/mol. The highest BCUT2D eigenvalue weighted by Crippen LogP contribution is 2.31. The molecule has 1 aliphatic heterocycles. The summed E-state index contributed by atoms with van der Waals surface area (Å²) in [5, 5.41) is 4.31. The second kappa shape index (κ2) is 4.95. The van der Waals surface area contributed by atoms with Crippen molar-refractivity contribution in [2.45, 2.75) is 24.6 Å². The first kappa shape index (κ1) is 11.6. The van der Waals surface area contributed by atoms with Gasteiger partial charge in [0.25, 0.3) is 0 Å². The average Bonchev–Trinajstić information content (AvgIpc) is 2.65. The number of hydrogen-bond donors (Lipinski definition) is 1. The topological polar surface area (TPSA) is 28.2 Å². The lowest BCUT2D eigenvalue weighted by Crippen LogP contribution is -2.26. The largest absolute Gasteiger partial charge is 0.378 e. The molecule has 0 spiro atoms. The number of anilines is 2. The van der Waals surface area contributed by atoms with Gasteiger partial charge < -0.3 is 10.2 Å². The van der Waals surface area contributed by atoms with Crippen LogP contribution in [0.3, 0.4) is 0 Å². The molecule has 1 fully saturated rings. The van der Waals surface area contributed by atoms with Crippen LogP contribution in [0.4, 0.5) is 11.5 Å². The molecule has 1 saturated heterocycles. The van der Waals surface area contributed by atoms with Crippen LogP contribution in [-0.4, -0.2) is 36.1 Å². The summed E-state index contributed by atoms with van der Waals surface area (Å²) in [7, 11) is 4.06. The Bertz CT molecular complexity index is 354. The van der Waals surface area contributed by atoms with Crippen molar-refractivity contribution in [1.29, 1.82) is 0 Å². The van der Waals surface area contributed by atoms with Gasteiger partial charge in [-0.05, 0) is 24.3 Å². The van der Waals surface area contributed by atoms with Crippen LogP contribution in [0.5, 0.6) is 0 Å². The molecule has 16 heavy (non-hydrogen) atoms. The van der Waals surface area contributed by atoms with Crippen LogP contribution in [0.15, 0.2) is 18.3 Å². The molecule has 88 valence electrons. The highest BCUT2D eigenvalue weighted by Gasteiger charge is 2.24. The summed E-state index contributed by atoms with van der Waals surface area (Å²) in [4.78, 5) is 6.45. The molecule has 1 N–H and O–H groups in total. The van der Waals surface area contributed by atoms with Gasteiger partial charge in [-0.1, -0.05) is 6.92 Å². The van der Waals surface area contributed by atoms with Crippen LogP contribution in [0.25, 0.3) is 0 Å². The van der Waals surface area contributed by atoms with Gasteiger partial charge >= 0.3 is 0 Å². The number of hydrogen-bond acceptors (Lipinski definition) is 4. The quantitative estimate of drug-likeness (QED) is 0.874. The van der Waals surface area contributed by atoms with Crippen LogP contribution < -0.4 is 10.2 Å². The molecule has 2 unspecified atom stereocenters. The van der Waals surface area contributed by atoms with Crippen molar-refractivity contribution < 1.29 is 0 Å². The van der Waals surface area contributed by atoms with Crippen LogP contribution in [0, 0.1) is 0 Å². The van der Waals surface area contributed by atoms with E-state index < -0.39 is 0 Å². The monoisotopic (exact) mass is 237 g/mol. The summed E-state index contributed by atoms with van der Waals surface area (Å²) >= 11 is 2.04. The van der Waals surface area contributed by atoms with Gasteiger partial charge in [-0.3, -0.25) is 0 Å². The zero-order chi connectivity index (χ0) is 11.5. The molecular weight excluding hydrogens is 218 g/mol. The molecule has 2 atom stereocenters. The van der Waals surface area contributed by atoms with E-state index in [0.717, 1.165) is 11.5 Å². The molecular formula is C12H19N3S. The lowest BCUT2D eigenvalue weighted by Gasteiger charge is -2.22. The normalized spacial score (nSPS) is 24.4. The molecule has 0 radical (unpaired) electrons. The molecule has 0 amide bonds. The first-order valence-corrected chi connectivity index (χ1v) is 6.74. The van der Waals surface area contributed by atoms with Crippen LogP contribution in [0.2, 0.25) is 0 Å². The van der Waals surface area contributed by atoms with Crippen molar-refractivity contribution in [3.8, 4) is 0 Å². The van der Waals surface area contributed by atoms with Gasteiger partial charge in [0.05, 0.1) is 5.69 Å². The van der Waals surface area contributed by atoms with E-state index in [0.29, 0.717) is 11.3 Å². The molecule has 1 aromatic rings. The van der Waals surface area contributed by atoms with Crippen molar-refractivity contribution in [3.63, 3.8) is 0 Å². The van der Waals surface area contributed by atoms with E-state index in [-0.39, 0.29) is 0 Å². The smallest absolute Gasteiger partial charge is 0.151 e. The maximum atomic E-state index is 4.40. The van der Waals surface area contributed by atoms with Crippen molar-refractivity contribution in [2.24, 2.45) is 0 Å². The van der Waals surface area contributed by atoms with Gasteiger partial charge in [-0.2, -0.15) is 11.8 Å². The van der Waals surface area contributed by atoms with E-state index in [1.165, 1.54) is 12.2 Å². The van der Waals surface area contributed by atoms with E-state index in [9.17, 15) is 0 Å². The molecule has 0 aliphatic carbocycles. The molecule has 3 nitrogen and oxygen atoms in total. The minimum absolute atomic E-state index is 0.577. The number of aromatic nitrogens is 1. The zero-order valence-electron chi connectivity index (χ0n) is 10.1. The van der Waals surface area contributed by atoms with E-state index in [1.807, 2.05) is 38.1 Å². The second-order valence-corrected chi connectivity index (χ2v) is 5.87. The lowest BCUT2D eigenvalue weighted by atomic mass is 10.1. The lowest BCUT2D eigenvalue weighted by molar-refractivity contribution is 0.723. The predicted octanol–water partition coefficient (Wildman–Crippen LogP) is 2.45. The molecule has 4 heteroatoms. The molecule has 2 heterocycles. The Hall–Kier alpha value is -0.900. The third-order valence-electron chi connectivity index (χ3n) is 2.93. The maximum Gasteiger partial charge on any atom is 0.151 e. The fourth-order valence-electron chi connectivity index (χ4n) is 1.99. The Morgan fingerprint density at radius 3 is 2.94 bits per heavy atom. The summed E-state index contributed by atoms with van der Waals surface area (Å²) in [5.74, 6) is 2.28. The molecule has 0 bridgehead atoms. The summed E-state index contributed by atoms with van der Waals surface area (Å²) in [5.41, 5.74) is 1.15. The van der Waals surface area contributed by atoms with E-state index in [4.69, 9.17) is 0 Å². The Morgan fingerprint density at radius 2 is 2.31 bits per heavy atom. The Labute approximate surface area is 102 Å². The number of thioether (sulfide) groups is 1. The van der Waals surface area contributed by atoms with Gasteiger partial charge in [0.15, 0.2) is 5.82 Å². The fraction of sp³-hybridized carbons (Fsp3) is 0.583. The first-order chi connectivity index (χ1) is 7.68. The zero-order valence-corrected chi connectivity index (χ0v) is 10.9. The van der Waals surface area contributed by atoms with Crippen LogP contribution in [0.1, 0.15) is 13.3 Å². The van der Waals surface area contributed by atoms with Gasteiger partial charge in [-0.15, -0.1) is 0 Å². The summed E-state index contributed by atoms with van der Waals surface area (Å²) in [6.07, 6.45) is 3.08. The van der Waals surface area contributed by atoms with Gasteiger partial charge in [-0.25, -0.2) is 4.98 Å². The first-order valence-electron chi connectivity index (χ1n) is 5.69. The van der Waals surface area contributed by atoms with Crippen molar-refractivity contribution in [2.75, 3.05) is 30.1 Å². The van der Waals surface area contributed by atoms with Crippen LogP contribution in [-0.2, 0) is 0 Å². The highest BCUT2D eigenvalue weighted by atomic mass is 32.2. The van der Waals surface area contributed by atoms with Crippen molar-refractivity contribution in [1.82, 2.24) is 4.98 Å². The van der Waals surface area contributed by atoms with Gasteiger partial charge in [0.2, 0.25) is 0 Å². The van der Waals surface area contributed by atoms with Crippen molar-refractivity contribution >= 4 is 23.3 Å². The predicted molar refractivity (Wildman–Crippen MR) is 72.5 cm³/mol.